The van der Waals surface area contributed by atoms with E-state index < -0.39 is 16.7 Å². The molecule has 2 aromatic rings. The van der Waals surface area contributed by atoms with E-state index in [-0.39, 0.29) is 11.3 Å². The molecule has 2 amide bonds. The van der Waals surface area contributed by atoms with E-state index in [4.69, 9.17) is 11.6 Å². The number of carbonyl (C=O) groups excluding carboxylic acids is 2. The van der Waals surface area contributed by atoms with Crippen LogP contribution in [0.15, 0.2) is 48.0 Å². The molecule has 0 atom stereocenters. The van der Waals surface area contributed by atoms with Gasteiger partial charge in [-0.2, -0.15) is 0 Å². The molecular weight excluding hydrogens is 346 g/mol. The third kappa shape index (κ3) is 3.22. The van der Waals surface area contributed by atoms with Crippen LogP contribution in [0.5, 0.6) is 0 Å². The van der Waals surface area contributed by atoms with Crippen LogP contribution in [0.2, 0.25) is 5.02 Å². The molecule has 0 saturated carbocycles. The molecule has 1 fully saturated rings. The quantitative estimate of drug-likeness (QED) is 0.395. The molecule has 8 heteroatoms. The molecule has 1 N–H and O–H groups in total. The largest absolute Gasteiger partial charge is 0.282 e. The van der Waals surface area contributed by atoms with Crippen molar-refractivity contribution in [3.8, 4) is 0 Å². The topological polar surface area (TPSA) is 92.6 Å². The number of benzene rings is 2. The molecule has 7 nitrogen and oxygen atoms in total. The van der Waals surface area contributed by atoms with Gasteiger partial charge < -0.3 is 0 Å². The highest BCUT2D eigenvalue weighted by molar-refractivity contribution is 6.33. The van der Waals surface area contributed by atoms with E-state index in [0.717, 1.165) is 10.6 Å². The number of carbonyl (C=O) groups is 2. The number of anilines is 1. The predicted octanol–water partition coefficient (Wildman–Crippen LogP) is 3.02. The van der Waals surface area contributed by atoms with Gasteiger partial charge in [0.05, 0.1) is 10.6 Å². The lowest BCUT2D eigenvalue weighted by atomic mass is 10.1. The van der Waals surface area contributed by atoms with Gasteiger partial charge in [0.1, 0.15) is 5.57 Å². The fourth-order valence-electron chi connectivity index (χ4n) is 2.35. The molecule has 126 valence electrons. The van der Waals surface area contributed by atoms with Crippen LogP contribution in [0.3, 0.4) is 0 Å². The summed E-state index contributed by atoms with van der Waals surface area (Å²) in [5.74, 6) is -1.15. The molecule has 0 aromatic heterocycles. The molecule has 0 radical (unpaired) electrons. The van der Waals surface area contributed by atoms with Gasteiger partial charge in [-0.15, -0.1) is 0 Å². The Morgan fingerprint density at radius 1 is 1.20 bits per heavy atom. The molecule has 3 rings (SSSR count). The minimum Gasteiger partial charge on any atom is -0.267 e. The maximum absolute atomic E-state index is 12.5. The number of rotatable bonds is 3. The lowest BCUT2D eigenvalue weighted by Crippen LogP contribution is -2.35. The van der Waals surface area contributed by atoms with Gasteiger partial charge in [0.2, 0.25) is 0 Å². The first-order valence-corrected chi connectivity index (χ1v) is 7.62. The van der Waals surface area contributed by atoms with Gasteiger partial charge in [-0.25, -0.2) is 5.01 Å². The molecule has 25 heavy (non-hydrogen) atoms. The van der Waals surface area contributed by atoms with Crippen molar-refractivity contribution in [1.29, 1.82) is 0 Å². The van der Waals surface area contributed by atoms with Crippen molar-refractivity contribution in [3.05, 3.63) is 74.3 Å². The second-order valence-corrected chi connectivity index (χ2v) is 5.83. The summed E-state index contributed by atoms with van der Waals surface area (Å²) in [4.78, 5) is 35.0. The third-order valence-corrected chi connectivity index (χ3v) is 4.10. The van der Waals surface area contributed by atoms with Crippen LogP contribution in [0.4, 0.5) is 11.4 Å². The molecule has 0 bridgehead atoms. The zero-order valence-electron chi connectivity index (χ0n) is 13.0. The molecule has 0 aliphatic carbocycles. The van der Waals surface area contributed by atoms with Crippen LogP contribution in [0.25, 0.3) is 6.08 Å². The van der Waals surface area contributed by atoms with Crippen LogP contribution in [-0.2, 0) is 9.59 Å². The number of hydrogen-bond donors (Lipinski definition) is 1. The number of aryl methyl sites for hydroxylation is 1. The lowest BCUT2D eigenvalue weighted by Gasteiger charge is -2.15. The van der Waals surface area contributed by atoms with Crippen molar-refractivity contribution < 1.29 is 14.5 Å². The zero-order chi connectivity index (χ0) is 18.1. The molecule has 2 aromatic carbocycles. The van der Waals surface area contributed by atoms with Crippen molar-refractivity contribution in [2.45, 2.75) is 6.92 Å². The summed E-state index contributed by atoms with van der Waals surface area (Å²) in [5, 5.41) is 12.4. The van der Waals surface area contributed by atoms with Gasteiger partial charge in [-0.3, -0.25) is 25.1 Å². The van der Waals surface area contributed by atoms with E-state index in [1.807, 2.05) is 6.92 Å². The second-order valence-electron chi connectivity index (χ2n) is 5.43. The van der Waals surface area contributed by atoms with Crippen molar-refractivity contribution >= 4 is 40.9 Å². The van der Waals surface area contributed by atoms with Gasteiger partial charge in [-0.05, 0) is 36.3 Å². The highest BCUT2D eigenvalue weighted by atomic mass is 35.5. The van der Waals surface area contributed by atoms with Gasteiger partial charge in [0, 0.05) is 17.2 Å². The highest BCUT2D eigenvalue weighted by Gasteiger charge is 2.34. The number of nitrogens with one attached hydrogen (secondary N) is 1. The Labute approximate surface area is 147 Å². The van der Waals surface area contributed by atoms with E-state index in [9.17, 15) is 19.7 Å². The third-order valence-electron chi connectivity index (χ3n) is 3.70. The van der Waals surface area contributed by atoms with E-state index in [1.54, 1.807) is 24.3 Å². The smallest absolute Gasteiger partial charge is 0.267 e. The standard InChI is InChI=1S/C17H12ClN3O4/c1-10-5-6-12(9-15(10)18)20-17(23)14(16(22)19-20)8-11-3-2-4-13(7-11)21(24)25/h2-9H,1H3,(H,19,22). The Kier molecular flexibility index (Phi) is 4.24. The average Bonchev–Trinajstić information content (AvgIpc) is 2.86. The number of halogens is 1. The first-order valence-electron chi connectivity index (χ1n) is 7.24. The molecule has 1 aliphatic heterocycles. The van der Waals surface area contributed by atoms with Crippen molar-refractivity contribution in [3.63, 3.8) is 0 Å². The molecular formula is C17H12ClN3O4. The summed E-state index contributed by atoms with van der Waals surface area (Å²) >= 11 is 6.06. The first kappa shape index (κ1) is 16.7. The van der Waals surface area contributed by atoms with E-state index >= 15 is 0 Å². The van der Waals surface area contributed by atoms with Crippen molar-refractivity contribution in [2.24, 2.45) is 0 Å². The molecule has 1 aliphatic rings. The van der Waals surface area contributed by atoms with Crippen LogP contribution in [0, 0.1) is 17.0 Å². The summed E-state index contributed by atoms with van der Waals surface area (Å²) in [6.07, 6.45) is 1.32. The monoisotopic (exact) mass is 357 g/mol. The number of non-ortho nitro benzene ring substituents is 1. The Hall–Kier alpha value is -3.19. The average molecular weight is 358 g/mol. The van der Waals surface area contributed by atoms with Crippen LogP contribution < -0.4 is 10.4 Å². The van der Waals surface area contributed by atoms with Gasteiger partial charge in [-0.1, -0.05) is 29.8 Å². The summed E-state index contributed by atoms with van der Waals surface area (Å²) in [6, 6.07) is 10.7. The first-order chi connectivity index (χ1) is 11.9. The minimum atomic E-state index is -0.590. The molecule has 1 heterocycles. The number of hydrogen-bond acceptors (Lipinski definition) is 4. The normalized spacial score (nSPS) is 15.6. The van der Waals surface area contributed by atoms with Gasteiger partial charge >= 0.3 is 0 Å². The summed E-state index contributed by atoms with van der Waals surface area (Å²) in [7, 11) is 0. The number of nitro benzene ring substituents is 1. The fourth-order valence-corrected chi connectivity index (χ4v) is 2.53. The number of nitrogens with zero attached hydrogens (tertiary/aromatic N) is 2. The van der Waals surface area contributed by atoms with Crippen LogP contribution in [0.1, 0.15) is 11.1 Å². The highest BCUT2D eigenvalue weighted by Crippen LogP contribution is 2.26. The summed E-state index contributed by atoms with van der Waals surface area (Å²) in [6.45, 7) is 1.82. The Morgan fingerprint density at radius 3 is 2.64 bits per heavy atom. The van der Waals surface area contributed by atoms with Gasteiger partial charge in [0.15, 0.2) is 0 Å². The van der Waals surface area contributed by atoms with Crippen molar-refractivity contribution in [2.75, 3.05) is 5.01 Å². The molecule has 0 spiro atoms. The fraction of sp³-hybridized carbons (Fsp3) is 0.0588. The zero-order valence-corrected chi connectivity index (χ0v) is 13.8. The minimum absolute atomic E-state index is 0.114. The maximum Gasteiger partial charge on any atom is 0.282 e. The maximum atomic E-state index is 12.5. The van der Waals surface area contributed by atoms with Crippen LogP contribution in [-0.4, -0.2) is 16.7 Å². The molecule has 1 saturated heterocycles. The van der Waals surface area contributed by atoms with E-state index in [2.05, 4.69) is 5.43 Å². The van der Waals surface area contributed by atoms with Crippen molar-refractivity contribution in [1.82, 2.24) is 5.43 Å². The summed E-state index contributed by atoms with van der Waals surface area (Å²) in [5.41, 5.74) is 3.88. The summed E-state index contributed by atoms with van der Waals surface area (Å²) < 4.78 is 0. The Morgan fingerprint density at radius 2 is 1.96 bits per heavy atom. The Balaban J connectivity index is 1.94. The number of amides is 2. The number of nitro groups is 1. The van der Waals surface area contributed by atoms with E-state index in [0.29, 0.717) is 16.3 Å². The number of hydrazine groups is 1. The van der Waals surface area contributed by atoms with E-state index in [1.165, 1.54) is 24.3 Å². The SMILES string of the molecule is Cc1ccc(N2NC(=O)C(=Cc3cccc([N+](=O)[O-])c3)C2=O)cc1Cl. The van der Waals surface area contributed by atoms with Crippen LogP contribution >= 0.6 is 11.6 Å². The second kappa shape index (κ2) is 6.37. The Bertz CT molecular complexity index is 939. The molecule has 0 unspecified atom stereocenters. The van der Waals surface area contributed by atoms with Gasteiger partial charge in [0.25, 0.3) is 17.5 Å². The predicted molar refractivity (Wildman–Crippen MR) is 92.9 cm³/mol. The lowest BCUT2D eigenvalue weighted by molar-refractivity contribution is -0.384.